The monoisotopic (exact) mass is 352 g/mol. The minimum atomic E-state index is -0.140. The third-order valence-electron chi connectivity index (χ3n) is 3.58. The normalized spacial score (nSPS) is 10.5. The number of hydrogen-bond donors (Lipinski definition) is 1. The summed E-state index contributed by atoms with van der Waals surface area (Å²) >= 11 is 0. The molecule has 1 aromatic carbocycles. The topological polar surface area (TPSA) is 90.1 Å². The van der Waals surface area contributed by atoms with Gasteiger partial charge < -0.3 is 14.6 Å². The van der Waals surface area contributed by atoms with Crippen LogP contribution in [0.4, 0.5) is 5.69 Å². The van der Waals surface area contributed by atoms with Gasteiger partial charge in [-0.25, -0.2) is 0 Å². The molecule has 0 fully saturated rings. The summed E-state index contributed by atoms with van der Waals surface area (Å²) in [6.45, 7) is 2.64. The third kappa shape index (κ3) is 4.66. The van der Waals surface area contributed by atoms with Gasteiger partial charge in [0.15, 0.2) is 0 Å². The summed E-state index contributed by atoms with van der Waals surface area (Å²) in [6, 6.07) is 11.0. The van der Waals surface area contributed by atoms with Crippen LogP contribution < -0.4 is 10.1 Å². The Morgan fingerprint density at radius 2 is 2.12 bits per heavy atom. The maximum atomic E-state index is 12.2. The van der Waals surface area contributed by atoms with E-state index in [1.165, 1.54) is 0 Å². The smallest absolute Gasteiger partial charge is 0.227 e. The van der Waals surface area contributed by atoms with E-state index in [9.17, 15) is 4.79 Å². The van der Waals surface area contributed by atoms with Gasteiger partial charge in [0.2, 0.25) is 17.6 Å². The minimum Gasteiger partial charge on any atom is -0.491 e. The van der Waals surface area contributed by atoms with E-state index in [0.29, 0.717) is 36.2 Å². The van der Waals surface area contributed by atoms with E-state index in [2.05, 4.69) is 20.4 Å². The molecule has 7 nitrogen and oxygen atoms in total. The van der Waals surface area contributed by atoms with Crippen LogP contribution in [0.25, 0.3) is 11.4 Å². The van der Waals surface area contributed by atoms with Crippen molar-refractivity contribution in [2.75, 3.05) is 11.9 Å². The molecule has 0 atom stereocenters. The van der Waals surface area contributed by atoms with Crippen molar-refractivity contribution in [1.82, 2.24) is 15.1 Å². The number of rotatable bonds is 8. The first-order valence-electron chi connectivity index (χ1n) is 8.51. The van der Waals surface area contributed by atoms with E-state index >= 15 is 0 Å². The Morgan fingerprint density at radius 1 is 1.23 bits per heavy atom. The van der Waals surface area contributed by atoms with Gasteiger partial charge in [-0.3, -0.25) is 9.78 Å². The van der Waals surface area contributed by atoms with E-state index in [-0.39, 0.29) is 12.3 Å². The molecule has 0 unspecified atom stereocenters. The second-order valence-electron chi connectivity index (χ2n) is 5.65. The number of carbonyl (C=O) groups excluding carboxylic acids is 1. The lowest BCUT2D eigenvalue weighted by molar-refractivity contribution is -0.116. The first kappa shape index (κ1) is 17.6. The van der Waals surface area contributed by atoms with Crippen LogP contribution in [0.1, 0.15) is 25.7 Å². The SMILES string of the molecule is CCCOc1ccccc1NC(=O)CCc1nc(-c2cccnc2)no1. The molecule has 1 amide bonds. The van der Waals surface area contributed by atoms with Crippen molar-refractivity contribution in [1.29, 1.82) is 0 Å². The first-order chi connectivity index (χ1) is 12.8. The summed E-state index contributed by atoms with van der Waals surface area (Å²) in [4.78, 5) is 20.5. The molecular formula is C19H20N4O3. The number of para-hydroxylation sites is 2. The second-order valence-corrected chi connectivity index (χ2v) is 5.65. The Kier molecular flexibility index (Phi) is 5.92. The molecule has 134 valence electrons. The highest BCUT2D eigenvalue weighted by Crippen LogP contribution is 2.24. The molecule has 0 radical (unpaired) electrons. The molecule has 2 aromatic heterocycles. The fourth-order valence-corrected chi connectivity index (χ4v) is 2.31. The molecule has 2 heterocycles. The standard InChI is InChI=1S/C19H20N4O3/c1-2-12-25-16-8-4-3-7-15(16)21-17(24)9-10-18-22-19(23-26-18)14-6-5-11-20-13-14/h3-8,11,13H,2,9-10,12H2,1H3,(H,21,24). The second kappa shape index (κ2) is 8.75. The molecule has 0 saturated heterocycles. The molecule has 0 aliphatic heterocycles. The third-order valence-corrected chi connectivity index (χ3v) is 3.58. The number of pyridine rings is 1. The lowest BCUT2D eigenvalue weighted by atomic mass is 10.2. The summed E-state index contributed by atoms with van der Waals surface area (Å²) in [5.74, 6) is 1.40. The van der Waals surface area contributed by atoms with E-state index in [1.807, 2.05) is 37.3 Å². The Labute approximate surface area is 151 Å². The summed E-state index contributed by atoms with van der Waals surface area (Å²) in [6.07, 6.45) is 4.83. The van der Waals surface area contributed by atoms with E-state index in [1.54, 1.807) is 18.5 Å². The Balaban J connectivity index is 1.56. The average Bonchev–Trinajstić information content (AvgIpc) is 3.15. The van der Waals surface area contributed by atoms with Crippen LogP contribution in [0.3, 0.4) is 0 Å². The number of aryl methyl sites for hydroxylation is 1. The van der Waals surface area contributed by atoms with Gasteiger partial charge in [0, 0.05) is 30.8 Å². The Bertz CT molecular complexity index is 849. The van der Waals surface area contributed by atoms with Crippen molar-refractivity contribution in [3.05, 3.63) is 54.7 Å². The van der Waals surface area contributed by atoms with Gasteiger partial charge in [-0.15, -0.1) is 0 Å². The average molecular weight is 352 g/mol. The molecule has 0 aliphatic rings. The largest absolute Gasteiger partial charge is 0.491 e. The first-order valence-corrected chi connectivity index (χ1v) is 8.51. The summed E-state index contributed by atoms with van der Waals surface area (Å²) in [7, 11) is 0. The fourth-order valence-electron chi connectivity index (χ4n) is 2.31. The van der Waals surface area contributed by atoms with Gasteiger partial charge >= 0.3 is 0 Å². The van der Waals surface area contributed by atoms with E-state index in [0.717, 1.165) is 12.0 Å². The summed E-state index contributed by atoms with van der Waals surface area (Å²) in [5, 5.41) is 6.78. The zero-order chi connectivity index (χ0) is 18.2. The lowest BCUT2D eigenvalue weighted by Crippen LogP contribution is -2.13. The van der Waals surface area contributed by atoms with Crippen molar-refractivity contribution in [2.24, 2.45) is 0 Å². The number of nitrogens with one attached hydrogen (secondary N) is 1. The number of ether oxygens (including phenoxy) is 1. The highest BCUT2D eigenvalue weighted by molar-refractivity contribution is 5.92. The molecule has 3 aromatic rings. The molecule has 0 aliphatic carbocycles. The Morgan fingerprint density at radius 3 is 2.92 bits per heavy atom. The van der Waals surface area contributed by atoms with Crippen LogP contribution in [-0.4, -0.2) is 27.6 Å². The molecule has 0 saturated carbocycles. The van der Waals surface area contributed by atoms with Crippen LogP contribution in [-0.2, 0) is 11.2 Å². The molecular weight excluding hydrogens is 332 g/mol. The quantitative estimate of drug-likeness (QED) is 0.667. The van der Waals surface area contributed by atoms with Gasteiger partial charge in [-0.2, -0.15) is 4.98 Å². The molecule has 0 spiro atoms. The zero-order valence-corrected chi connectivity index (χ0v) is 14.5. The zero-order valence-electron chi connectivity index (χ0n) is 14.5. The van der Waals surface area contributed by atoms with Gasteiger partial charge in [0.05, 0.1) is 12.3 Å². The van der Waals surface area contributed by atoms with Crippen molar-refractivity contribution >= 4 is 11.6 Å². The fraction of sp³-hybridized carbons (Fsp3) is 0.263. The summed E-state index contributed by atoms with van der Waals surface area (Å²) < 4.78 is 10.8. The van der Waals surface area contributed by atoms with Gasteiger partial charge in [-0.1, -0.05) is 24.2 Å². The number of amides is 1. The van der Waals surface area contributed by atoms with Crippen LogP contribution in [0.5, 0.6) is 5.75 Å². The maximum Gasteiger partial charge on any atom is 0.227 e. The molecule has 7 heteroatoms. The highest BCUT2D eigenvalue weighted by Gasteiger charge is 2.12. The molecule has 26 heavy (non-hydrogen) atoms. The van der Waals surface area contributed by atoms with Gasteiger partial charge in [0.25, 0.3) is 0 Å². The molecule has 0 bridgehead atoms. The van der Waals surface area contributed by atoms with Gasteiger partial charge in [-0.05, 0) is 30.7 Å². The minimum absolute atomic E-state index is 0.140. The van der Waals surface area contributed by atoms with Crippen LogP contribution in [0.2, 0.25) is 0 Å². The number of anilines is 1. The number of carbonyl (C=O) groups is 1. The van der Waals surface area contributed by atoms with Crippen LogP contribution in [0, 0.1) is 0 Å². The number of aromatic nitrogens is 3. The van der Waals surface area contributed by atoms with Gasteiger partial charge in [0.1, 0.15) is 5.75 Å². The number of hydrogen-bond acceptors (Lipinski definition) is 6. The number of benzene rings is 1. The van der Waals surface area contributed by atoms with Crippen molar-refractivity contribution in [3.8, 4) is 17.1 Å². The van der Waals surface area contributed by atoms with Crippen molar-refractivity contribution < 1.29 is 14.1 Å². The predicted molar refractivity (Wildman–Crippen MR) is 96.7 cm³/mol. The van der Waals surface area contributed by atoms with E-state index in [4.69, 9.17) is 9.26 Å². The summed E-state index contributed by atoms with van der Waals surface area (Å²) in [5.41, 5.74) is 1.43. The van der Waals surface area contributed by atoms with Crippen molar-refractivity contribution in [2.45, 2.75) is 26.2 Å². The van der Waals surface area contributed by atoms with Crippen LogP contribution >= 0.6 is 0 Å². The van der Waals surface area contributed by atoms with E-state index < -0.39 is 0 Å². The van der Waals surface area contributed by atoms with Crippen LogP contribution in [0.15, 0.2) is 53.3 Å². The Hall–Kier alpha value is -3.22. The predicted octanol–water partition coefficient (Wildman–Crippen LogP) is 3.49. The molecule has 1 N–H and O–H groups in total. The molecule has 3 rings (SSSR count). The maximum absolute atomic E-state index is 12.2. The lowest BCUT2D eigenvalue weighted by Gasteiger charge is -2.11. The highest BCUT2D eigenvalue weighted by atomic mass is 16.5. The number of nitrogens with zero attached hydrogens (tertiary/aromatic N) is 3. The van der Waals surface area contributed by atoms with Crippen molar-refractivity contribution in [3.63, 3.8) is 0 Å².